The van der Waals surface area contributed by atoms with Crippen molar-refractivity contribution in [1.82, 2.24) is 5.01 Å². The van der Waals surface area contributed by atoms with Crippen LogP contribution in [-0.2, 0) is 23.9 Å². The lowest BCUT2D eigenvalue weighted by Crippen LogP contribution is -2.41. The zero-order chi connectivity index (χ0) is 17.4. The summed E-state index contributed by atoms with van der Waals surface area (Å²) in [5.74, 6) is -3.64. The monoisotopic (exact) mass is 329 g/mol. The Bertz CT molecular complexity index is 758. The number of esters is 1. The molecule has 0 N–H and O–H groups in total. The van der Waals surface area contributed by atoms with Crippen LogP contribution in [0.25, 0.3) is 0 Å². The third kappa shape index (κ3) is 2.27. The predicted molar refractivity (Wildman–Crippen MR) is 82.8 cm³/mol. The number of carbonyl (C=O) groups excluding carboxylic acids is 4. The van der Waals surface area contributed by atoms with Crippen molar-refractivity contribution < 1.29 is 23.9 Å². The van der Waals surface area contributed by atoms with Crippen LogP contribution in [0.3, 0.4) is 0 Å². The van der Waals surface area contributed by atoms with Gasteiger partial charge < -0.3 is 4.74 Å². The van der Waals surface area contributed by atoms with Gasteiger partial charge in [0.25, 0.3) is 5.91 Å². The van der Waals surface area contributed by atoms with Gasteiger partial charge in [-0.3, -0.25) is 14.4 Å². The number of ether oxygens (including phenoxy) is 1. The van der Waals surface area contributed by atoms with Crippen LogP contribution in [0.15, 0.2) is 35.4 Å². The van der Waals surface area contributed by atoms with Crippen LogP contribution in [0.1, 0.15) is 13.8 Å². The second-order valence-corrected chi connectivity index (χ2v) is 5.34. The average Bonchev–Trinajstić information content (AvgIpc) is 3.07. The first kappa shape index (κ1) is 15.9. The minimum Gasteiger partial charge on any atom is -0.461 e. The molecule has 1 aromatic carbocycles. The summed E-state index contributed by atoms with van der Waals surface area (Å²) in [5.41, 5.74) is 0.169. The van der Waals surface area contributed by atoms with E-state index in [1.54, 1.807) is 37.3 Å². The maximum Gasteiger partial charge on any atom is 0.355 e. The summed E-state index contributed by atoms with van der Waals surface area (Å²) in [7, 11) is 0. The van der Waals surface area contributed by atoms with Crippen LogP contribution < -0.4 is 4.90 Å². The first-order chi connectivity index (χ1) is 11.5. The summed E-state index contributed by atoms with van der Waals surface area (Å²) >= 11 is 0. The molecule has 8 nitrogen and oxygen atoms in total. The fraction of sp³-hybridized carbons (Fsp3) is 0.312. The summed E-state index contributed by atoms with van der Waals surface area (Å²) < 4.78 is 4.90. The van der Waals surface area contributed by atoms with Gasteiger partial charge in [0.2, 0.25) is 11.8 Å². The van der Waals surface area contributed by atoms with Crippen molar-refractivity contribution in [3.05, 3.63) is 30.3 Å². The molecule has 0 aromatic heterocycles. The highest BCUT2D eigenvalue weighted by Crippen LogP contribution is 2.35. The molecular weight excluding hydrogens is 314 g/mol. The summed E-state index contributed by atoms with van der Waals surface area (Å²) in [6, 6.07) is 7.20. The number of rotatable bonds is 3. The Balaban J connectivity index is 2.03. The van der Waals surface area contributed by atoms with E-state index in [0.29, 0.717) is 5.69 Å². The van der Waals surface area contributed by atoms with Crippen molar-refractivity contribution in [2.24, 2.45) is 11.0 Å². The number of anilines is 1. The SMILES string of the molecule is CCOC(=O)C1=NN(C(C)=O)[C@H]2C(=O)N(c3ccccc3)C(=O)[C@@H]12. The van der Waals surface area contributed by atoms with Crippen LogP contribution in [0.5, 0.6) is 0 Å². The second kappa shape index (κ2) is 5.88. The van der Waals surface area contributed by atoms with Gasteiger partial charge in [0.05, 0.1) is 12.3 Å². The van der Waals surface area contributed by atoms with Crippen molar-refractivity contribution in [3.63, 3.8) is 0 Å². The Morgan fingerprint density at radius 1 is 1.17 bits per heavy atom. The first-order valence-corrected chi connectivity index (χ1v) is 7.45. The van der Waals surface area contributed by atoms with E-state index in [4.69, 9.17) is 4.74 Å². The Morgan fingerprint density at radius 3 is 2.42 bits per heavy atom. The lowest BCUT2D eigenvalue weighted by Gasteiger charge is -2.19. The maximum atomic E-state index is 12.8. The normalized spacial score (nSPS) is 22.5. The van der Waals surface area contributed by atoms with E-state index < -0.39 is 35.7 Å². The highest BCUT2D eigenvalue weighted by Gasteiger charge is 2.59. The number of carbonyl (C=O) groups is 4. The predicted octanol–water partition coefficient (Wildman–Crippen LogP) is 0.326. The van der Waals surface area contributed by atoms with Crippen LogP contribution in [0.4, 0.5) is 5.69 Å². The Morgan fingerprint density at radius 2 is 1.83 bits per heavy atom. The van der Waals surface area contributed by atoms with E-state index >= 15 is 0 Å². The molecule has 0 radical (unpaired) electrons. The zero-order valence-corrected chi connectivity index (χ0v) is 13.1. The smallest absolute Gasteiger partial charge is 0.355 e. The average molecular weight is 329 g/mol. The zero-order valence-electron chi connectivity index (χ0n) is 13.1. The first-order valence-electron chi connectivity index (χ1n) is 7.45. The third-order valence-corrected chi connectivity index (χ3v) is 3.87. The highest BCUT2D eigenvalue weighted by atomic mass is 16.5. The number of amides is 3. The molecule has 2 aliphatic rings. The number of benzene rings is 1. The topological polar surface area (TPSA) is 96.3 Å². The number of hydrogen-bond acceptors (Lipinski definition) is 6. The van der Waals surface area contributed by atoms with Gasteiger partial charge in [-0.25, -0.2) is 14.7 Å². The number of hydrazone groups is 1. The quantitative estimate of drug-likeness (QED) is 0.588. The van der Waals surface area contributed by atoms with E-state index in [9.17, 15) is 19.2 Å². The fourth-order valence-corrected chi connectivity index (χ4v) is 2.88. The van der Waals surface area contributed by atoms with Gasteiger partial charge in [-0.15, -0.1) is 0 Å². The van der Waals surface area contributed by atoms with Crippen molar-refractivity contribution in [2.75, 3.05) is 11.5 Å². The molecule has 3 rings (SSSR count). The number of nitrogens with zero attached hydrogens (tertiary/aromatic N) is 3. The van der Waals surface area contributed by atoms with Crippen molar-refractivity contribution in [3.8, 4) is 0 Å². The molecule has 3 amide bonds. The Labute approximate surface area is 137 Å². The molecule has 0 spiro atoms. The van der Waals surface area contributed by atoms with Gasteiger partial charge in [0, 0.05) is 6.92 Å². The van der Waals surface area contributed by atoms with E-state index in [1.807, 2.05) is 0 Å². The van der Waals surface area contributed by atoms with Crippen LogP contribution in [0.2, 0.25) is 0 Å². The molecule has 1 saturated heterocycles. The van der Waals surface area contributed by atoms with Crippen molar-refractivity contribution >= 4 is 35.1 Å². The van der Waals surface area contributed by atoms with Gasteiger partial charge in [-0.2, -0.15) is 5.10 Å². The van der Waals surface area contributed by atoms with Gasteiger partial charge in [-0.1, -0.05) is 18.2 Å². The van der Waals surface area contributed by atoms with Crippen molar-refractivity contribution in [2.45, 2.75) is 19.9 Å². The lowest BCUT2D eigenvalue weighted by molar-refractivity contribution is -0.136. The molecule has 24 heavy (non-hydrogen) atoms. The number of para-hydroxylation sites is 1. The largest absolute Gasteiger partial charge is 0.461 e. The van der Waals surface area contributed by atoms with Gasteiger partial charge >= 0.3 is 5.97 Å². The fourth-order valence-electron chi connectivity index (χ4n) is 2.88. The van der Waals surface area contributed by atoms with E-state index in [-0.39, 0.29) is 12.3 Å². The summed E-state index contributed by atoms with van der Waals surface area (Å²) in [6.07, 6.45) is 0. The minimum atomic E-state index is -1.14. The molecule has 1 fully saturated rings. The standard InChI is InChI=1S/C16H15N3O5/c1-3-24-16(23)12-11-13(19(17-12)9(2)20)15(22)18(14(11)21)10-7-5-4-6-8-10/h4-8,11,13H,3H2,1-2H3/t11-,13+/m0/s1. The van der Waals surface area contributed by atoms with Crippen LogP contribution >= 0.6 is 0 Å². The highest BCUT2D eigenvalue weighted by molar-refractivity contribution is 6.47. The van der Waals surface area contributed by atoms with Gasteiger partial charge in [0.1, 0.15) is 5.92 Å². The molecule has 0 unspecified atom stereocenters. The molecule has 2 heterocycles. The Hall–Kier alpha value is -3.03. The van der Waals surface area contributed by atoms with E-state index in [0.717, 1.165) is 9.91 Å². The molecule has 2 aliphatic heterocycles. The van der Waals surface area contributed by atoms with E-state index in [1.165, 1.54) is 6.92 Å². The molecule has 0 aliphatic carbocycles. The Kier molecular flexibility index (Phi) is 3.88. The molecular formula is C16H15N3O5. The molecule has 124 valence electrons. The van der Waals surface area contributed by atoms with Gasteiger partial charge in [0.15, 0.2) is 11.8 Å². The number of hydrogen-bond donors (Lipinski definition) is 0. The molecule has 0 saturated carbocycles. The molecule has 0 bridgehead atoms. The summed E-state index contributed by atoms with van der Waals surface area (Å²) in [4.78, 5) is 50.3. The lowest BCUT2D eigenvalue weighted by atomic mass is 9.98. The van der Waals surface area contributed by atoms with E-state index in [2.05, 4.69) is 5.10 Å². The minimum absolute atomic E-state index is 0.0971. The van der Waals surface area contributed by atoms with Crippen molar-refractivity contribution in [1.29, 1.82) is 0 Å². The summed E-state index contributed by atoms with van der Waals surface area (Å²) in [5, 5.41) is 4.77. The van der Waals surface area contributed by atoms with Crippen LogP contribution in [0, 0.1) is 5.92 Å². The second-order valence-electron chi connectivity index (χ2n) is 5.34. The third-order valence-electron chi connectivity index (χ3n) is 3.87. The van der Waals surface area contributed by atoms with Crippen LogP contribution in [-0.4, -0.2) is 47.1 Å². The summed E-state index contributed by atoms with van der Waals surface area (Å²) in [6.45, 7) is 2.93. The molecule has 8 heteroatoms. The molecule has 2 atom stereocenters. The maximum absolute atomic E-state index is 12.8. The number of imide groups is 1. The van der Waals surface area contributed by atoms with Gasteiger partial charge in [-0.05, 0) is 19.1 Å². The number of fused-ring (bicyclic) bond motifs is 1. The molecule has 1 aromatic rings.